The molecule has 3 heteroatoms. The second kappa shape index (κ2) is 7.44. The van der Waals surface area contributed by atoms with E-state index in [9.17, 15) is 4.79 Å². The Hall–Kier alpha value is -1.35. The zero-order chi connectivity index (χ0) is 14.4. The fourth-order valence-electron chi connectivity index (χ4n) is 2.73. The molecule has 0 radical (unpaired) electrons. The van der Waals surface area contributed by atoms with Crippen molar-refractivity contribution >= 4 is 11.6 Å². The Bertz CT molecular complexity index is 438. The zero-order valence-corrected chi connectivity index (χ0v) is 12.8. The summed E-state index contributed by atoms with van der Waals surface area (Å²) in [6, 6.07) is 8.27. The van der Waals surface area contributed by atoms with Crippen molar-refractivity contribution in [2.24, 2.45) is 0 Å². The molecule has 1 saturated heterocycles. The minimum absolute atomic E-state index is 0.242. The molecule has 1 aliphatic rings. The normalized spacial score (nSPS) is 15.5. The number of hydrogen-bond acceptors (Lipinski definition) is 2. The minimum atomic E-state index is 0.242. The van der Waals surface area contributed by atoms with Crippen LogP contribution in [-0.4, -0.2) is 37.0 Å². The van der Waals surface area contributed by atoms with Crippen LogP contribution in [0.1, 0.15) is 38.2 Å². The number of hydrogen-bond donors (Lipinski definition) is 0. The number of carbonyl (C=O) groups excluding carboxylic acids is 1. The molecule has 0 unspecified atom stereocenters. The molecule has 1 aromatic carbocycles. The maximum Gasteiger partial charge on any atom is 0.241 e. The van der Waals surface area contributed by atoms with Crippen molar-refractivity contribution in [1.82, 2.24) is 4.90 Å². The van der Waals surface area contributed by atoms with Crippen LogP contribution in [0.2, 0.25) is 0 Å². The van der Waals surface area contributed by atoms with E-state index < -0.39 is 0 Å². The van der Waals surface area contributed by atoms with Crippen LogP contribution < -0.4 is 4.90 Å². The molecule has 110 valence electrons. The largest absolute Gasteiger partial charge is 0.311 e. The molecule has 0 N–H and O–H groups in total. The predicted molar refractivity (Wildman–Crippen MR) is 84.1 cm³/mol. The zero-order valence-electron chi connectivity index (χ0n) is 12.8. The van der Waals surface area contributed by atoms with Crippen LogP contribution in [0.15, 0.2) is 24.3 Å². The topological polar surface area (TPSA) is 23.6 Å². The number of unbranched alkanes of at least 4 members (excludes halogenated alkanes) is 1. The van der Waals surface area contributed by atoms with Gasteiger partial charge in [0.25, 0.3) is 0 Å². The third-order valence-electron chi connectivity index (χ3n) is 3.91. The summed E-state index contributed by atoms with van der Waals surface area (Å²) in [5, 5.41) is 0. The summed E-state index contributed by atoms with van der Waals surface area (Å²) in [5.74, 6) is 0.242. The molecule has 1 amide bonds. The molecule has 1 fully saturated rings. The lowest BCUT2D eigenvalue weighted by molar-refractivity contribution is -0.119. The Morgan fingerprint density at radius 3 is 2.70 bits per heavy atom. The SMILES string of the molecule is CCCCN(C(=O)CN1CCCC1)c1cccc(C)c1. The van der Waals surface area contributed by atoms with Gasteiger partial charge in [0.05, 0.1) is 6.54 Å². The van der Waals surface area contributed by atoms with E-state index in [1.54, 1.807) is 0 Å². The van der Waals surface area contributed by atoms with Crippen molar-refractivity contribution in [3.63, 3.8) is 0 Å². The van der Waals surface area contributed by atoms with Gasteiger partial charge >= 0.3 is 0 Å². The van der Waals surface area contributed by atoms with Crippen molar-refractivity contribution in [2.45, 2.75) is 39.5 Å². The third-order valence-corrected chi connectivity index (χ3v) is 3.91. The number of benzene rings is 1. The van der Waals surface area contributed by atoms with Crippen molar-refractivity contribution < 1.29 is 4.79 Å². The van der Waals surface area contributed by atoms with Crippen molar-refractivity contribution in [3.8, 4) is 0 Å². The van der Waals surface area contributed by atoms with Gasteiger partial charge in [-0.05, 0) is 57.0 Å². The van der Waals surface area contributed by atoms with Crippen LogP contribution in [0.25, 0.3) is 0 Å². The van der Waals surface area contributed by atoms with Crippen molar-refractivity contribution in [3.05, 3.63) is 29.8 Å². The molecule has 1 heterocycles. The lowest BCUT2D eigenvalue weighted by Gasteiger charge is -2.25. The van der Waals surface area contributed by atoms with Gasteiger partial charge in [0, 0.05) is 12.2 Å². The van der Waals surface area contributed by atoms with E-state index in [1.165, 1.54) is 18.4 Å². The first kappa shape index (κ1) is 15.0. The van der Waals surface area contributed by atoms with Crippen LogP contribution in [0, 0.1) is 6.92 Å². The average Bonchev–Trinajstić information content (AvgIpc) is 2.92. The lowest BCUT2D eigenvalue weighted by Crippen LogP contribution is -2.40. The molecule has 20 heavy (non-hydrogen) atoms. The van der Waals surface area contributed by atoms with Crippen LogP contribution >= 0.6 is 0 Å². The number of nitrogens with zero attached hydrogens (tertiary/aromatic N) is 2. The Morgan fingerprint density at radius 1 is 1.30 bits per heavy atom. The highest BCUT2D eigenvalue weighted by Crippen LogP contribution is 2.18. The maximum atomic E-state index is 12.6. The van der Waals surface area contributed by atoms with E-state index >= 15 is 0 Å². The summed E-state index contributed by atoms with van der Waals surface area (Å²) < 4.78 is 0. The number of anilines is 1. The van der Waals surface area contributed by atoms with E-state index in [-0.39, 0.29) is 5.91 Å². The maximum absolute atomic E-state index is 12.6. The first-order valence-corrected chi connectivity index (χ1v) is 7.80. The second-order valence-electron chi connectivity index (χ2n) is 5.72. The minimum Gasteiger partial charge on any atom is -0.311 e. The summed E-state index contributed by atoms with van der Waals surface area (Å²) >= 11 is 0. The van der Waals surface area contributed by atoms with E-state index in [0.717, 1.165) is 38.2 Å². The van der Waals surface area contributed by atoms with Crippen molar-refractivity contribution in [1.29, 1.82) is 0 Å². The predicted octanol–water partition coefficient (Wildman–Crippen LogP) is 3.22. The molecular weight excluding hydrogens is 248 g/mol. The van der Waals surface area contributed by atoms with Gasteiger partial charge in [-0.1, -0.05) is 25.5 Å². The number of aryl methyl sites for hydroxylation is 1. The summed E-state index contributed by atoms with van der Waals surface area (Å²) in [6.45, 7) is 7.78. The van der Waals surface area contributed by atoms with Crippen LogP contribution in [-0.2, 0) is 4.79 Å². The van der Waals surface area contributed by atoms with Gasteiger partial charge in [-0.25, -0.2) is 0 Å². The molecule has 3 nitrogen and oxygen atoms in total. The van der Waals surface area contributed by atoms with Gasteiger partial charge in [-0.2, -0.15) is 0 Å². The van der Waals surface area contributed by atoms with Crippen LogP contribution in [0.5, 0.6) is 0 Å². The first-order chi connectivity index (χ1) is 9.70. The number of carbonyl (C=O) groups is 1. The number of rotatable bonds is 6. The molecule has 2 rings (SSSR count). The van der Waals surface area contributed by atoms with Gasteiger partial charge in [-0.3, -0.25) is 9.69 Å². The van der Waals surface area contributed by atoms with Crippen LogP contribution in [0.3, 0.4) is 0 Å². The standard InChI is InChI=1S/C17H26N2O/c1-3-4-12-19(16-9-7-8-15(2)13-16)17(20)14-18-10-5-6-11-18/h7-9,13H,3-6,10-12,14H2,1-2H3. The van der Waals surface area contributed by atoms with Gasteiger partial charge in [0.1, 0.15) is 0 Å². The summed E-state index contributed by atoms with van der Waals surface area (Å²) in [5.41, 5.74) is 2.25. The Balaban J connectivity index is 2.07. The number of likely N-dealkylation sites (tertiary alicyclic amines) is 1. The van der Waals surface area contributed by atoms with E-state index in [1.807, 2.05) is 17.0 Å². The highest BCUT2D eigenvalue weighted by molar-refractivity contribution is 5.94. The highest BCUT2D eigenvalue weighted by Gasteiger charge is 2.20. The summed E-state index contributed by atoms with van der Waals surface area (Å²) in [7, 11) is 0. The molecule has 0 bridgehead atoms. The first-order valence-electron chi connectivity index (χ1n) is 7.80. The Morgan fingerprint density at radius 2 is 2.05 bits per heavy atom. The Kier molecular flexibility index (Phi) is 5.60. The molecule has 0 spiro atoms. The Labute approximate surface area is 122 Å². The average molecular weight is 274 g/mol. The summed E-state index contributed by atoms with van der Waals surface area (Å²) in [4.78, 5) is 16.8. The molecule has 1 aromatic rings. The van der Waals surface area contributed by atoms with Gasteiger partial charge in [-0.15, -0.1) is 0 Å². The molecular formula is C17H26N2O. The summed E-state index contributed by atoms with van der Waals surface area (Å²) in [6.07, 6.45) is 4.62. The highest BCUT2D eigenvalue weighted by atomic mass is 16.2. The third kappa shape index (κ3) is 4.07. The van der Waals surface area contributed by atoms with E-state index in [4.69, 9.17) is 0 Å². The molecule has 0 saturated carbocycles. The number of amides is 1. The van der Waals surface area contributed by atoms with Gasteiger partial charge in [0.15, 0.2) is 0 Å². The smallest absolute Gasteiger partial charge is 0.241 e. The van der Waals surface area contributed by atoms with Crippen molar-refractivity contribution in [2.75, 3.05) is 31.1 Å². The van der Waals surface area contributed by atoms with Gasteiger partial charge in [0.2, 0.25) is 5.91 Å². The van der Waals surface area contributed by atoms with E-state index in [2.05, 4.69) is 30.9 Å². The quantitative estimate of drug-likeness (QED) is 0.795. The lowest BCUT2D eigenvalue weighted by atomic mass is 10.2. The molecule has 0 aliphatic carbocycles. The second-order valence-corrected chi connectivity index (χ2v) is 5.72. The van der Waals surface area contributed by atoms with E-state index in [0.29, 0.717) is 6.54 Å². The monoisotopic (exact) mass is 274 g/mol. The van der Waals surface area contributed by atoms with Crippen LogP contribution in [0.4, 0.5) is 5.69 Å². The fourth-order valence-corrected chi connectivity index (χ4v) is 2.73. The molecule has 1 aliphatic heterocycles. The van der Waals surface area contributed by atoms with Gasteiger partial charge < -0.3 is 4.90 Å². The fraction of sp³-hybridized carbons (Fsp3) is 0.588. The molecule has 0 atom stereocenters. The molecule has 0 aromatic heterocycles.